The lowest BCUT2D eigenvalue weighted by Gasteiger charge is -2.30. The summed E-state index contributed by atoms with van der Waals surface area (Å²) in [6.07, 6.45) is 2.51. The number of halogens is 1. The lowest BCUT2D eigenvalue weighted by atomic mass is 9.98. The molecule has 0 radical (unpaired) electrons. The Morgan fingerprint density at radius 1 is 1.58 bits per heavy atom. The minimum atomic E-state index is -0.495. The van der Waals surface area contributed by atoms with Gasteiger partial charge < -0.3 is 16.0 Å². The number of nitrogens with two attached hydrogens (primary N) is 1. The number of nitrogens with zero attached hydrogens (tertiary/aromatic N) is 1. The summed E-state index contributed by atoms with van der Waals surface area (Å²) in [5.41, 5.74) is 6.52. The number of primary amides is 1. The third kappa shape index (κ3) is 3.85. The predicted molar refractivity (Wildman–Crippen MR) is 78.7 cm³/mol. The number of hydrogen-bond donors (Lipinski definition) is 2. The molecule has 1 fully saturated rings. The fourth-order valence-electron chi connectivity index (χ4n) is 2.53. The molecule has 4 nitrogen and oxygen atoms in total. The Labute approximate surface area is 118 Å². The zero-order valence-electron chi connectivity index (χ0n) is 11.2. The second-order valence-electron chi connectivity index (χ2n) is 5.21. The Kier molecular flexibility index (Phi) is 4.66. The summed E-state index contributed by atoms with van der Waals surface area (Å²) in [7, 11) is 2.16. The number of likely N-dealkylation sites (tertiary alicyclic amines) is 1. The van der Waals surface area contributed by atoms with Gasteiger partial charge >= 0.3 is 0 Å². The van der Waals surface area contributed by atoms with E-state index < -0.39 is 5.91 Å². The Morgan fingerprint density at radius 2 is 2.37 bits per heavy atom. The average molecular weight is 282 g/mol. The van der Waals surface area contributed by atoms with Gasteiger partial charge in [-0.3, -0.25) is 4.79 Å². The molecule has 1 amide bonds. The second-order valence-corrected chi connectivity index (χ2v) is 5.62. The first-order chi connectivity index (χ1) is 9.06. The normalized spacial score (nSPS) is 20.2. The van der Waals surface area contributed by atoms with E-state index in [1.54, 1.807) is 12.1 Å². The summed E-state index contributed by atoms with van der Waals surface area (Å²) in [5.74, 6) is 0.166. The molecule has 0 aliphatic carbocycles. The van der Waals surface area contributed by atoms with Gasteiger partial charge in [0, 0.05) is 18.8 Å². The number of piperidine rings is 1. The summed E-state index contributed by atoms with van der Waals surface area (Å²) in [6, 6.07) is 5.27. The maximum absolute atomic E-state index is 11.1. The van der Waals surface area contributed by atoms with E-state index in [0.29, 0.717) is 16.5 Å². The molecule has 0 spiro atoms. The number of nitrogens with one attached hydrogen (secondary N) is 1. The molecule has 0 aromatic heterocycles. The van der Waals surface area contributed by atoms with Gasteiger partial charge in [0.05, 0.1) is 10.6 Å². The van der Waals surface area contributed by atoms with Gasteiger partial charge in [-0.2, -0.15) is 0 Å². The minimum Gasteiger partial charge on any atom is -0.385 e. The fourth-order valence-corrected chi connectivity index (χ4v) is 2.80. The van der Waals surface area contributed by atoms with Crippen LogP contribution in [0.5, 0.6) is 0 Å². The van der Waals surface area contributed by atoms with E-state index in [1.807, 2.05) is 6.07 Å². The SMILES string of the molecule is CN1CCCC(CNc2ccc(C(N)=O)c(Cl)c2)C1. The number of carbonyl (C=O) groups is 1. The third-order valence-electron chi connectivity index (χ3n) is 3.55. The molecule has 1 aromatic carbocycles. The molecule has 1 heterocycles. The molecule has 5 heteroatoms. The summed E-state index contributed by atoms with van der Waals surface area (Å²) in [5, 5.41) is 3.78. The van der Waals surface area contributed by atoms with Gasteiger partial charge in [0.1, 0.15) is 0 Å². The standard InChI is InChI=1S/C14H20ClN3O/c1-18-6-2-3-10(9-18)8-17-11-4-5-12(14(16)19)13(15)7-11/h4-5,7,10,17H,2-3,6,8-9H2,1H3,(H2,16,19). The van der Waals surface area contributed by atoms with Gasteiger partial charge in [0.15, 0.2) is 0 Å². The van der Waals surface area contributed by atoms with Crippen molar-refractivity contribution in [3.05, 3.63) is 28.8 Å². The van der Waals surface area contributed by atoms with Gasteiger partial charge in [-0.05, 0) is 50.6 Å². The van der Waals surface area contributed by atoms with Crippen LogP contribution in [0.15, 0.2) is 18.2 Å². The zero-order valence-corrected chi connectivity index (χ0v) is 11.9. The van der Waals surface area contributed by atoms with E-state index in [4.69, 9.17) is 17.3 Å². The van der Waals surface area contributed by atoms with E-state index in [9.17, 15) is 4.79 Å². The molecule has 1 aliphatic heterocycles. The van der Waals surface area contributed by atoms with Crippen molar-refractivity contribution in [2.75, 3.05) is 32.0 Å². The number of amides is 1. The van der Waals surface area contributed by atoms with Crippen molar-refractivity contribution in [2.45, 2.75) is 12.8 Å². The first-order valence-electron chi connectivity index (χ1n) is 6.58. The Hall–Kier alpha value is -1.26. The number of rotatable bonds is 4. The van der Waals surface area contributed by atoms with Crippen LogP contribution in [0.4, 0.5) is 5.69 Å². The Balaban J connectivity index is 1.92. The summed E-state index contributed by atoms with van der Waals surface area (Å²) < 4.78 is 0. The molecule has 1 aliphatic rings. The largest absolute Gasteiger partial charge is 0.385 e. The van der Waals surface area contributed by atoms with Crippen LogP contribution in [0, 0.1) is 5.92 Å². The quantitative estimate of drug-likeness (QED) is 0.889. The number of benzene rings is 1. The van der Waals surface area contributed by atoms with Crippen molar-refractivity contribution in [2.24, 2.45) is 11.7 Å². The van der Waals surface area contributed by atoms with Crippen LogP contribution in [-0.2, 0) is 0 Å². The van der Waals surface area contributed by atoms with Gasteiger partial charge in [-0.1, -0.05) is 11.6 Å². The van der Waals surface area contributed by atoms with E-state index in [2.05, 4.69) is 17.3 Å². The monoisotopic (exact) mass is 281 g/mol. The summed E-state index contributed by atoms with van der Waals surface area (Å²) >= 11 is 6.02. The lowest BCUT2D eigenvalue weighted by molar-refractivity contribution is 0.100. The lowest BCUT2D eigenvalue weighted by Crippen LogP contribution is -2.35. The van der Waals surface area contributed by atoms with Crippen molar-refractivity contribution in [3.63, 3.8) is 0 Å². The van der Waals surface area contributed by atoms with Gasteiger partial charge in [-0.15, -0.1) is 0 Å². The highest BCUT2D eigenvalue weighted by Gasteiger charge is 2.16. The van der Waals surface area contributed by atoms with Crippen LogP contribution < -0.4 is 11.1 Å². The first-order valence-corrected chi connectivity index (χ1v) is 6.96. The third-order valence-corrected chi connectivity index (χ3v) is 3.86. The fraction of sp³-hybridized carbons (Fsp3) is 0.500. The first kappa shape index (κ1) is 14.2. The maximum Gasteiger partial charge on any atom is 0.250 e. The number of carbonyl (C=O) groups excluding carboxylic acids is 1. The smallest absolute Gasteiger partial charge is 0.250 e. The molecular formula is C14H20ClN3O. The molecular weight excluding hydrogens is 262 g/mol. The molecule has 0 saturated carbocycles. The molecule has 104 valence electrons. The number of anilines is 1. The van der Waals surface area contributed by atoms with Crippen LogP contribution in [0.3, 0.4) is 0 Å². The molecule has 19 heavy (non-hydrogen) atoms. The van der Waals surface area contributed by atoms with Crippen molar-refractivity contribution in [3.8, 4) is 0 Å². The second kappa shape index (κ2) is 6.26. The van der Waals surface area contributed by atoms with Crippen LogP contribution in [0.1, 0.15) is 23.2 Å². The van der Waals surface area contributed by atoms with Crippen LogP contribution >= 0.6 is 11.6 Å². The topological polar surface area (TPSA) is 58.4 Å². The maximum atomic E-state index is 11.1. The Morgan fingerprint density at radius 3 is 3.00 bits per heavy atom. The van der Waals surface area contributed by atoms with Crippen molar-refractivity contribution in [1.29, 1.82) is 0 Å². The molecule has 2 rings (SSSR count). The van der Waals surface area contributed by atoms with Crippen LogP contribution in [-0.4, -0.2) is 37.5 Å². The summed E-state index contributed by atoms with van der Waals surface area (Å²) in [6.45, 7) is 3.24. The van der Waals surface area contributed by atoms with Gasteiger partial charge in [0.2, 0.25) is 5.91 Å². The highest BCUT2D eigenvalue weighted by molar-refractivity contribution is 6.34. The highest BCUT2D eigenvalue weighted by Crippen LogP contribution is 2.22. The van der Waals surface area contributed by atoms with E-state index in [-0.39, 0.29) is 0 Å². The van der Waals surface area contributed by atoms with Crippen molar-refractivity contribution < 1.29 is 4.79 Å². The zero-order chi connectivity index (χ0) is 13.8. The minimum absolute atomic E-state index is 0.365. The molecule has 0 bridgehead atoms. The molecule has 1 aromatic rings. The molecule has 3 N–H and O–H groups in total. The average Bonchev–Trinajstić information content (AvgIpc) is 2.36. The van der Waals surface area contributed by atoms with Crippen LogP contribution in [0.2, 0.25) is 5.02 Å². The highest BCUT2D eigenvalue weighted by atomic mass is 35.5. The molecule has 1 saturated heterocycles. The van der Waals surface area contributed by atoms with E-state index in [0.717, 1.165) is 18.8 Å². The van der Waals surface area contributed by atoms with E-state index in [1.165, 1.54) is 19.4 Å². The molecule has 1 unspecified atom stereocenters. The molecule has 1 atom stereocenters. The predicted octanol–water partition coefficient (Wildman–Crippen LogP) is 2.19. The van der Waals surface area contributed by atoms with Crippen molar-refractivity contribution >= 4 is 23.2 Å². The van der Waals surface area contributed by atoms with E-state index >= 15 is 0 Å². The van der Waals surface area contributed by atoms with Crippen LogP contribution in [0.25, 0.3) is 0 Å². The number of hydrogen-bond acceptors (Lipinski definition) is 3. The van der Waals surface area contributed by atoms with Gasteiger partial charge in [-0.25, -0.2) is 0 Å². The van der Waals surface area contributed by atoms with Gasteiger partial charge in [0.25, 0.3) is 0 Å². The van der Waals surface area contributed by atoms with Crippen molar-refractivity contribution in [1.82, 2.24) is 4.90 Å². The Bertz CT molecular complexity index is 464. The summed E-state index contributed by atoms with van der Waals surface area (Å²) in [4.78, 5) is 13.4.